The first-order chi connectivity index (χ1) is 9.52. The molecule has 0 heterocycles. The van der Waals surface area contributed by atoms with Gasteiger partial charge in [0.2, 0.25) is 0 Å². The van der Waals surface area contributed by atoms with Crippen LogP contribution in [0.15, 0.2) is 22.7 Å². The number of benzene rings is 1. The molecular formula is C15H20BrNO2S. The van der Waals surface area contributed by atoms with Gasteiger partial charge in [0.05, 0.1) is 0 Å². The minimum atomic E-state index is -0.741. The maximum Gasteiger partial charge on any atom is 0.148 e. The molecule has 0 radical (unpaired) electrons. The third-order valence-corrected chi connectivity index (χ3v) is 4.12. The Hall–Kier alpha value is -0.830. The number of nitrogens with one attached hydrogen (secondary N) is 1. The molecule has 1 N–H and O–H groups in total. The summed E-state index contributed by atoms with van der Waals surface area (Å²) in [6, 6.07) is 6.16. The van der Waals surface area contributed by atoms with Gasteiger partial charge in [0.15, 0.2) is 0 Å². The van der Waals surface area contributed by atoms with E-state index < -0.39 is 10.8 Å². The Labute approximate surface area is 132 Å². The van der Waals surface area contributed by atoms with E-state index in [0.717, 1.165) is 22.2 Å². The van der Waals surface area contributed by atoms with Crippen LogP contribution in [0.2, 0.25) is 0 Å². The first-order valence-electron chi connectivity index (χ1n) is 6.41. The molecule has 0 fully saturated rings. The highest BCUT2D eigenvalue weighted by atomic mass is 79.9. The first kappa shape index (κ1) is 17.2. The second-order valence-electron chi connectivity index (χ2n) is 4.59. The highest BCUT2D eigenvalue weighted by Gasteiger charge is 2.07. The average Bonchev–Trinajstić information content (AvgIpc) is 2.41. The summed E-state index contributed by atoms with van der Waals surface area (Å²) in [5.74, 6) is 3.98. The normalized spacial score (nSPS) is 13.5. The summed E-state index contributed by atoms with van der Waals surface area (Å²) < 4.78 is 17.6. The van der Waals surface area contributed by atoms with E-state index in [9.17, 15) is 4.21 Å². The SMILES string of the molecule is C#CCOc1ccc(Br)cc1CNC(C)CCS(C)=O. The molecule has 0 amide bonds. The van der Waals surface area contributed by atoms with E-state index in [1.807, 2.05) is 18.2 Å². The number of halogens is 1. The van der Waals surface area contributed by atoms with Crippen molar-refractivity contribution >= 4 is 26.7 Å². The van der Waals surface area contributed by atoms with Crippen LogP contribution in [0.4, 0.5) is 0 Å². The third-order valence-electron chi connectivity index (χ3n) is 2.81. The number of rotatable bonds is 8. The van der Waals surface area contributed by atoms with E-state index in [1.54, 1.807) is 6.26 Å². The lowest BCUT2D eigenvalue weighted by Crippen LogP contribution is -2.27. The number of terminal acetylenes is 1. The molecule has 0 spiro atoms. The van der Waals surface area contributed by atoms with Gasteiger partial charge in [-0.1, -0.05) is 21.9 Å². The molecule has 2 unspecified atom stereocenters. The Kier molecular flexibility index (Phi) is 7.90. The van der Waals surface area contributed by atoms with Gasteiger partial charge in [-0.15, -0.1) is 6.42 Å². The van der Waals surface area contributed by atoms with E-state index >= 15 is 0 Å². The van der Waals surface area contributed by atoms with Gasteiger partial charge in [-0.05, 0) is 31.5 Å². The molecule has 20 heavy (non-hydrogen) atoms. The van der Waals surface area contributed by atoms with Crippen molar-refractivity contribution in [2.24, 2.45) is 0 Å². The zero-order valence-corrected chi connectivity index (χ0v) is 14.2. The highest BCUT2D eigenvalue weighted by Crippen LogP contribution is 2.23. The first-order valence-corrected chi connectivity index (χ1v) is 8.93. The molecule has 0 aliphatic heterocycles. The van der Waals surface area contributed by atoms with Crippen molar-refractivity contribution in [1.29, 1.82) is 0 Å². The van der Waals surface area contributed by atoms with Crippen LogP contribution in [-0.4, -0.2) is 28.9 Å². The lowest BCUT2D eigenvalue weighted by atomic mass is 10.2. The van der Waals surface area contributed by atoms with Gasteiger partial charge in [-0.25, -0.2) is 0 Å². The molecule has 0 aliphatic carbocycles. The molecule has 110 valence electrons. The highest BCUT2D eigenvalue weighted by molar-refractivity contribution is 9.10. The third kappa shape index (κ3) is 6.56. The maximum absolute atomic E-state index is 11.1. The van der Waals surface area contributed by atoms with E-state index in [4.69, 9.17) is 11.2 Å². The van der Waals surface area contributed by atoms with Crippen molar-refractivity contribution in [1.82, 2.24) is 5.32 Å². The Morgan fingerprint density at radius 3 is 2.95 bits per heavy atom. The largest absolute Gasteiger partial charge is 0.481 e. The van der Waals surface area contributed by atoms with Crippen LogP contribution in [0.5, 0.6) is 5.75 Å². The molecule has 2 atom stereocenters. The summed E-state index contributed by atoms with van der Waals surface area (Å²) in [5.41, 5.74) is 1.05. The van der Waals surface area contributed by atoms with Crippen LogP contribution in [0.3, 0.4) is 0 Å². The molecule has 3 nitrogen and oxygen atoms in total. The Bertz CT molecular complexity index is 499. The minimum Gasteiger partial charge on any atom is -0.481 e. The topological polar surface area (TPSA) is 38.3 Å². The van der Waals surface area contributed by atoms with E-state index in [2.05, 4.69) is 34.1 Å². The Balaban J connectivity index is 2.59. The second-order valence-corrected chi connectivity index (χ2v) is 7.06. The Morgan fingerprint density at radius 2 is 2.30 bits per heavy atom. The number of ether oxygens (including phenoxy) is 1. The van der Waals surface area contributed by atoms with Crippen molar-refractivity contribution in [2.45, 2.75) is 25.9 Å². The van der Waals surface area contributed by atoms with Gasteiger partial charge in [-0.2, -0.15) is 0 Å². The molecule has 0 saturated heterocycles. The van der Waals surface area contributed by atoms with Crippen LogP contribution >= 0.6 is 15.9 Å². The van der Waals surface area contributed by atoms with Crippen molar-refractivity contribution in [3.8, 4) is 18.1 Å². The van der Waals surface area contributed by atoms with Crippen LogP contribution in [0, 0.1) is 12.3 Å². The van der Waals surface area contributed by atoms with Crippen LogP contribution in [0.25, 0.3) is 0 Å². The van der Waals surface area contributed by atoms with Gasteiger partial charge in [0, 0.05) is 45.4 Å². The standard InChI is InChI=1S/C15H20BrNO2S/c1-4-8-19-15-6-5-14(16)10-13(15)11-17-12(2)7-9-20(3)18/h1,5-6,10,12,17H,7-9,11H2,2-3H3. The van der Waals surface area contributed by atoms with Crippen molar-refractivity contribution in [2.75, 3.05) is 18.6 Å². The average molecular weight is 358 g/mol. The van der Waals surface area contributed by atoms with Crippen LogP contribution in [-0.2, 0) is 17.3 Å². The van der Waals surface area contributed by atoms with Crippen molar-refractivity contribution in [3.63, 3.8) is 0 Å². The van der Waals surface area contributed by atoms with Crippen molar-refractivity contribution in [3.05, 3.63) is 28.2 Å². The summed E-state index contributed by atoms with van der Waals surface area (Å²) in [7, 11) is -0.741. The lowest BCUT2D eigenvalue weighted by molar-refractivity contribution is 0.363. The fourth-order valence-electron chi connectivity index (χ4n) is 1.68. The molecule has 1 aromatic carbocycles. The molecular weight excluding hydrogens is 338 g/mol. The zero-order chi connectivity index (χ0) is 15.0. The molecule has 1 rings (SSSR count). The van der Waals surface area contributed by atoms with Gasteiger partial charge in [-0.3, -0.25) is 4.21 Å². The summed E-state index contributed by atoms with van der Waals surface area (Å²) in [6.07, 6.45) is 7.83. The lowest BCUT2D eigenvalue weighted by Gasteiger charge is -2.15. The van der Waals surface area contributed by atoms with Gasteiger partial charge < -0.3 is 10.1 Å². The van der Waals surface area contributed by atoms with E-state index in [1.165, 1.54) is 0 Å². The minimum absolute atomic E-state index is 0.263. The molecule has 0 saturated carbocycles. The number of hydrogen-bond acceptors (Lipinski definition) is 3. The van der Waals surface area contributed by atoms with Crippen molar-refractivity contribution < 1.29 is 8.95 Å². The molecule has 0 aromatic heterocycles. The Morgan fingerprint density at radius 1 is 1.55 bits per heavy atom. The summed E-state index contributed by atoms with van der Waals surface area (Å²) in [4.78, 5) is 0. The second kappa shape index (κ2) is 9.17. The summed E-state index contributed by atoms with van der Waals surface area (Å²) in [6.45, 7) is 3.04. The molecule has 0 aliphatic rings. The zero-order valence-electron chi connectivity index (χ0n) is 11.8. The van der Waals surface area contributed by atoms with Gasteiger partial charge >= 0.3 is 0 Å². The molecule has 1 aromatic rings. The van der Waals surface area contributed by atoms with Crippen LogP contribution < -0.4 is 10.1 Å². The van der Waals surface area contributed by atoms with Crippen LogP contribution in [0.1, 0.15) is 18.9 Å². The predicted octanol–water partition coefficient (Wildman–Crippen LogP) is 2.71. The fraction of sp³-hybridized carbons (Fsp3) is 0.467. The monoisotopic (exact) mass is 357 g/mol. The van der Waals surface area contributed by atoms with E-state index in [-0.39, 0.29) is 6.61 Å². The van der Waals surface area contributed by atoms with E-state index in [0.29, 0.717) is 18.3 Å². The molecule has 0 bridgehead atoms. The van der Waals surface area contributed by atoms with Gasteiger partial charge in [0.25, 0.3) is 0 Å². The number of hydrogen-bond donors (Lipinski definition) is 1. The maximum atomic E-state index is 11.1. The summed E-state index contributed by atoms with van der Waals surface area (Å²) >= 11 is 3.46. The van der Waals surface area contributed by atoms with Gasteiger partial charge in [0.1, 0.15) is 12.4 Å². The predicted molar refractivity (Wildman–Crippen MR) is 88.3 cm³/mol. The summed E-state index contributed by atoms with van der Waals surface area (Å²) in [5, 5.41) is 3.41. The fourth-order valence-corrected chi connectivity index (χ4v) is 2.77. The smallest absolute Gasteiger partial charge is 0.148 e. The quantitative estimate of drug-likeness (QED) is 0.727. The molecule has 5 heteroatoms.